The second kappa shape index (κ2) is 5.39. The molecule has 0 N–H and O–H groups in total. The molecule has 0 radical (unpaired) electrons. The van der Waals surface area contributed by atoms with Gasteiger partial charge in [-0.25, -0.2) is 0 Å². The number of unbranched alkanes of at least 4 members (excludes halogenated alkanes) is 1. The molecule has 0 spiro atoms. The van der Waals surface area contributed by atoms with E-state index in [9.17, 15) is 0 Å². The molecule has 17 heavy (non-hydrogen) atoms. The molecule has 2 heterocycles. The summed E-state index contributed by atoms with van der Waals surface area (Å²) in [6.07, 6.45) is 8.12. The average Bonchev–Trinajstić information content (AvgIpc) is 2.77. The molecule has 0 fully saturated rings. The molecule has 0 aliphatic heterocycles. The summed E-state index contributed by atoms with van der Waals surface area (Å²) in [5.74, 6) is 1.14. The van der Waals surface area contributed by atoms with Gasteiger partial charge in [-0.1, -0.05) is 24.6 Å². The minimum Gasteiger partial charge on any atom is -0.334 e. The molecular weight excluding hydrogens is 214 g/mol. The van der Waals surface area contributed by atoms with Crippen molar-refractivity contribution in [2.24, 2.45) is 0 Å². The van der Waals surface area contributed by atoms with Crippen LogP contribution in [0.25, 0.3) is 17.5 Å². The number of aryl methyl sites for hydroxylation is 1. The Labute approximate surface area is 100 Å². The lowest BCUT2D eigenvalue weighted by Crippen LogP contribution is -1.83. The second-order valence-corrected chi connectivity index (χ2v) is 3.81. The summed E-state index contributed by atoms with van der Waals surface area (Å²) in [5, 5.41) is 3.75. The standard InChI is InChI=1S/C13H15N3O/c1-3-4-5-6-12-8-7-11(9-14-12)13-15-10(2)16-17-13/h5-9H,3-4H2,1-2H3. The van der Waals surface area contributed by atoms with Crippen molar-refractivity contribution in [3.8, 4) is 11.5 Å². The average molecular weight is 229 g/mol. The Hall–Kier alpha value is -1.97. The van der Waals surface area contributed by atoms with E-state index in [-0.39, 0.29) is 0 Å². The highest BCUT2D eigenvalue weighted by Crippen LogP contribution is 2.16. The minimum atomic E-state index is 0.513. The van der Waals surface area contributed by atoms with E-state index in [0.29, 0.717) is 11.7 Å². The smallest absolute Gasteiger partial charge is 0.259 e. The van der Waals surface area contributed by atoms with E-state index in [0.717, 1.165) is 24.1 Å². The molecule has 0 saturated carbocycles. The number of hydrogen-bond acceptors (Lipinski definition) is 4. The molecule has 88 valence electrons. The van der Waals surface area contributed by atoms with Crippen LogP contribution in [0, 0.1) is 6.92 Å². The largest absolute Gasteiger partial charge is 0.334 e. The first kappa shape index (κ1) is 11.5. The van der Waals surface area contributed by atoms with Gasteiger partial charge in [0, 0.05) is 6.20 Å². The fraction of sp³-hybridized carbons (Fsp3) is 0.308. The van der Waals surface area contributed by atoms with Gasteiger partial charge in [0.25, 0.3) is 5.89 Å². The van der Waals surface area contributed by atoms with Crippen LogP contribution in [-0.2, 0) is 0 Å². The van der Waals surface area contributed by atoms with Gasteiger partial charge in [0.15, 0.2) is 5.82 Å². The van der Waals surface area contributed by atoms with Crippen molar-refractivity contribution in [2.45, 2.75) is 26.7 Å². The fourth-order valence-corrected chi connectivity index (χ4v) is 1.42. The van der Waals surface area contributed by atoms with Gasteiger partial charge in [0.1, 0.15) is 0 Å². The highest BCUT2D eigenvalue weighted by atomic mass is 16.5. The molecule has 0 aromatic carbocycles. The predicted molar refractivity (Wildman–Crippen MR) is 66.2 cm³/mol. The van der Waals surface area contributed by atoms with Crippen LogP contribution in [0.15, 0.2) is 28.9 Å². The van der Waals surface area contributed by atoms with Crippen LogP contribution < -0.4 is 0 Å². The summed E-state index contributed by atoms with van der Waals surface area (Å²) in [7, 11) is 0. The molecule has 0 bridgehead atoms. The third-order valence-electron chi connectivity index (χ3n) is 2.30. The number of nitrogens with zero attached hydrogens (tertiary/aromatic N) is 3. The lowest BCUT2D eigenvalue weighted by molar-refractivity contribution is 0.425. The highest BCUT2D eigenvalue weighted by molar-refractivity contribution is 5.54. The zero-order valence-corrected chi connectivity index (χ0v) is 10.1. The molecule has 0 saturated heterocycles. The molecule has 0 aliphatic carbocycles. The molecule has 2 aromatic rings. The van der Waals surface area contributed by atoms with Crippen LogP contribution in [0.4, 0.5) is 0 Å². The SMILES string of the molecule is CCCC=Cc1ccc(-c2nc(C)no2)cn1. The van der Waals surface area contributed by atoms with Gasteiger partial charge in [0.05, 0.1) is 11.3 Å². The van der Waals surface area contributed by atoms with Gasteiger partial charge in [-0.2, -0.15) is 4.98 Å². The quantitative estimate of drug-likeness (QED) is 0.807. The summed E-state index contributed by atoms with van der Waals surface area (Å²) in [5.41, 5.74) is 1.79. The van der Waals surface area contributed by atoms with E-state index < -0.39 is 0 Å². The van der Waals surface area contributed by atoms with Crippen molar-refractivity contribution in [1.29, 1.82) is 0 Å². The highest BCUT2D eigenvalue weighted by Gasteiger charge is 2.05. The van der Waals surface area contributed by atoms with Crippen molar-refractivity contribution < 1.29 is 4.52 Å². The third kappa shape index (κ3) is 3.00. The Morgan fingerprint density at radius 3 is 2.82 bits per heavy atom. The molecule has 4 nitrogen and oxygen atoms in total. The Kier molecular flexibility index (Phi) is 3.65. The van der Waals surface area contributed by atoms with Crippen LogP contribution in [0.5, 0.6) is 0 Å². The minimum absolute atomic E-state index is 0.513. The fourth-order valence-electron chi connectivity index (χ4n) is 1.42. The van der Waals surface area contributed by atoms with E-state index in [4.69, 9.17) is 4.52 Å². The Balaban J connectivity index is 2.13. The summed E-state index contributed by atoms with van der Waals surface area (Å²) in [6.45, 7) is 3.95. The number of allylic oxidation sites excluding steroid dienone is 1. The molecular formula is C13H15N3O. The number of aromatic nitrogens is 3. The van der Waals surface area contributed by atoms with Gasteiger partial charge in [-0.15, -0.1) is 0 Å². The van der Waals surface area contributed by atoms with Crippen molar-refractivity contribution in [1.82, 2.24) is 15.1 Å². The summed E-state index contributed by atoms with van der Waals surface area (Å²) in [6, 6.07) is 3.88. The predicted octanol–water partition coefficient (Wildman–Crippen LogP) is 3.25. The molecule has 0 atom stereocenters. The van der Waals surface area contributed by atoms with Gasteiger partial charge in [0.2, 0.25) is 0 Å². The van der Waals surface area contributed by atoms with Gasteiger partial charge in [-0.3, -0.25) is 4.98 Å². The Morgan fingerprint density at radius 1 is 1.35 bits per heavy atom. The molecule has 2 aromatic heterocycles. The summed E-state index contributed by atoms with van der Waals surface area (Å²) < 4.78 is 5.07. The topological polar surface area (TPSA) is 51.8 Å². The van der Waals surface area contributed by atoms with Crippen LogP contribution in [0.3, 0.4) is 0 Å². The van der Waals surface area contributed by atoms with Gasteiger partial charge in [-0.05, 0) is 31.6 Å². The maximum atomic E-state index is 5.07. The molecule has 0 aliphatic rings. The van der Waals surface area contributed by atoms with Gasteiger partial charge >= 0.3 is 0 Å². The van der Waals surface area contributed by atoms with Crippen LogP contribution in [0.1, 0.15) is 31.3 Å². The number of rotatable bonds is 4. The third-order valence-corrected chi connectivity index (χ3v) is 2.30. The molecule has 0 amide bonds. The second-order valence-electron chi connectivity index (χ2n) is 3.81. The Morgan fingerprint density at radius 2 is 2.24 bits per heavy atom. The molecule has 2 rings (SSSR count). The first-order valence-corrected chi connectivity index (χ1v) is 5.73. The van der Waals surface area contributed by atoms with Crippen molar-refractivity contribution in [3.63, 3.8) is 0 Å². The van der Waals surface area contributed by atoms with E-state index in [1.807, 2.05) is 18.2 Å². The van der Waals surface area contributed by atoms with E-state index >= 15 is 0 Å². The normalized spacial score (nSPS) is 11.2. The van der Waals surface area contributed by atoms with Crippen molar-refractivity contribution >= 4 is 6.08 Å². The van der Waals surface area contributed by atoms with E-state index in [2.05, 4.69) is 28.1 Å². The first-order chi connectivity index (χ1) is 8.29. The maximum absolute atomic E-state index is 5.07. The van der Waals surface area contributed by atoms with Crippen molar-refractivity contribution in [3.05, 3.63) is 35.9 Å². The van der Waals surface area contributed by atoms with Crippen molar-refractivity contribution in [2.75, 3.05) is 0 Å². The van der Waals surface area contributed by atoms with Crippen LogP contribution in [0.2, 0.25) is 0 Å². The Bertz CT molecular complexity index is 500. The van der Waals surface area contributed by atoms with E-state index in [1.54, 1.807) is 13.1 Å². The summed E-state index contributed by atoms with van der Waals surface area (Å²) in [4.78, 5) is 8.47. The monoisotopic (exact) mass is 229 g/mol. The first-order valence-electron chi connectivity index (χ1n) is 5.73. The van der Waals surface area contributed by atoms with Crippen LogP contribution >= 0.6 is 0 Å². The number of hydrogen-bond donors (Lipinski definition) is 0. The summed E-state index contributed by atoms with van der Waals surface area (Å²) >= 11 is 0. The van der Waals surface area contributed by atoms with E-state index in [1.165, 1.54) is 0 Å². The maximum Gasteiger partial charge on any atom is 0.259 e. The van der Waals surface area contributed by atoms with Crippen LogP contribution in [-0.4, -0.2) is 15.1 Å². The van der Waals surface area contributed by atoms with Gasteiger partial charge < -0.3 is 4.52 Å². The molecule has 4 heteroatoms. The zero-order valence-electron chi connectivity index (χ0n) is 10.1. The number of pyridine rings is 1. The lowest BCUT2D eigenvalue weighted by Gasteiger charge is -1.95. The zero-order chi connectivity index (χ0) is 12.1. The lowest BCUT2D eigenvalue weighted by atomic mass is 10.2. The molecule has 0 unspecified atom stereocenters.